The van der Waals surface area contributed by atoms with E-state index in [2.05, 4.69) is 5.32 Å². The zero-order valence-corrected chi connectivity index (χ0v) is 10.9. The van der Waals surface area contributed by atoms with Gasteiger partial charge in [-0.2, -0.15) is 0 Å². The van der Waals surface area contributed by atoms with Crippen molar-refractivity contribution in [2.75, 3.05) is 19.8 Å². The molecule has 4 nitrogen and oxygen atoms in total. The molecule has 0 saturated carbocycles. The predicted octanol–water partition coefficient (Wildman–Crippen LogP) is 1.68. The van der Waals surface area contributed by atoms with Gasteiger partial charge < -0.3 is 20.3 Å². The molecule has 1 saturated heterocycles. The van der Waals surface area contributed by atoms with Crippen LogP contribution in [-0.4, -0.2) is 35.6 Å². The normalized spacial score (nSPS) is 18.8. The molecule has 0 radical (unpaired) electrons. The molecule has 0 unspecified atom stereocenters. The standard InChI is InChI=1S/C13H18ClNO3/c14-11-3-1-2-10(12(11)17)8-15-13(9-16)4-6-18-7-5-13/h1-3,15-17H,4-9H2. The zero-order chi connectivity index (χ0) is 13.0. The molecular weight excluding hydrogens is 254 g/mol. The highest BCUT2D eigenvalue weighted by atomic mass is 35.5. The molecule has 1 heterocycles. The molecular formula is C13H18ClNO3. The van der Waals surface area contributed by atoms with E-state index in [1.54, 1.807) is 12.1 Å². The summed E-state index contributed by atoms with van der Waals surface area (Å²) in [6.07, 6.45) is 1.54. The Morgan fingerprint density at radius 1 is 1.33 bits per heavy atom. The summed E-state index contributed by atoms with van der Waals surface area (Å²) in [6.45, 7) is 1.84. The van der Waals surface area contributed by atoms with Gasteiger partial charge in [-0.3, -0.25) is 0 Å². The van der Waals surface area contributed by atoms with Gasteiger partial charge in [0.05, 0.1) is 11.6 Å². The lowest BCUT2D eigenvalue weighted by Gasteiger charge is -2.36. The molecule has 0 aromatic heterocycles. The van der Waals surface area contributed by atoms with Crippen LogP contribution in [0, 0.1) is 0 Å². The minimum Gasteiger partial charge on any atom is -0.506 e. The first-order valence-corrected chi connectivity index (χ1v) is 6.45. The van der Waals surface area contributed by atoms with Crippen molar-refractivity contribution >= 4 is 11.6 Å². The third-order valence-electron chi connectivity index (χ3n) is 3.48. The Kier molecular flexibility index (Phi) is 4.45. The topological polar surface area (TPSA) is 61.7 Å². The molecule has 100 valence electrons. The van der Waals surface area contributed by atoms with E-state index < -0.39 is 0 Å². The molecule has 18 heavy (non-hydrogen) atoms. The number of aliphatic hydroxyl groups excluding tert-OH is 1. The molecule has 5 heteroatoms. The monoisotopic (exact) mass is 271 g/mol. The Balaban J connectivity index is 2.03. The van der Waals surface area contributed by atoms with Crippen molar-refractivity contribution in [3.63, 3.8) is 0 Å². The maximum Gasteiger partial charge on any atom is 0.138 e. The van der Waals surface area contributed by atoms with E-state index in [1.807, 2.05) is 6.07 Å². The average Bonchev–Trinajstić information content (AvgIpc) is 2.41. The van der Waals surface area contributed by atoms with Crippen LogP contribution in [-0.2, 0) is 11.3 Å². The number of phenolic OH excluding ortho intramolecular Hbond substituents is 1. The van der Waals surface area contributed by atoms with Gasteiger partial charge in [0.1, 0.15) is 5.75 Å². The highest BCUT2D eigenvalue weighted by molar-refractivity contribution is 6.32. The molecule has 2 rings (SSSR count). The molecule has 3 N–H and O–H groups in total. The number of para-hydroxylation sites is 1. The van der Waals surface area contributed by atoms with Crippen LogP contribution < -0.4 is 5.32 Å². The Morgan fingerprint density at radius 2 is 2.06 bits per heavy atom. The molecule has 0 atom stereocenters. The number of aliphatic hydroxyl groups is 1. The van der Waals surface area contributed by atoms with E-state index in [9.17, 15) is 10.2 Å². The molecule has 1 fully saturated rings. The third-order valence-corrected chi connectivity index (χ3v) is 3.78. The molecule has 0 spiro atoms. The van der Waals surface area contributed by atoms with Crippen molar-refractivity contribution in [1.82, 2.24) is 5.32 Å². The van der Waals surface area contributed by atoms with Crippen molar-refractivity contribution in [3.8, 4) is 5.75 Å². The summed E-state index contributed by atoms with van der Waals surface area (Å²) >= 11 is 5.86. The zero-order valence-electron chi connectivity index (χ0n) is 10.2. The Labute approximate surface area is 112 Å². The summed E-state index contributed by atoms with van der Waals surface area (Å²) in [5.41, 5.74) is 0.425. The van der Waals surface area contributed by atoms with E-state index in [-0.39, 0.29) is 17.9 Å². The number of ether oxygens (including phenoxy) is 1. The molecule has 1 aromatic rings. The molecule has 1 aliphatic heterocycles. The van der Waals surface area contributed by atoms with E-state index in [0.717, 1.165) is 18.4 Å². The van der Waals surface area contributed by atoms with Crippen LogP contribution in [0.4, 0.5) is 0 Å². The number of hydrogen-bond donors (Lipinski definition) is 3. The van der Waals surface area contributed by atoms with Gasteiger partial charge in [-0.15, -0.1) is 0 Å². The van der Waals surface area contributed by atoms with Gasteiger partial charge in [0.25, 0.3) is 0 Å². The predicted molar refractivity (Wildman–Crippen MR) is 69.8 cm³/mol. The van der Waals surface area contributed by atoms with E-state index in [4.69, 9.17) is 16.3 Å². The lowest BCUT2D eigenvalue weighted by Crippen LogP contribution is -2.51. The number of benzene rings is 1. The van der Waals surface area contributed by atoms with E-state index in [0.29, 0.717) is 24.8 Å². The lowest BCUT2D eigenvalue weighted by atomic mass is 9.90. The summed E-state index contributed by atoms with van der Waals surface area (Å²) in [6, 6.07) is 5.27. The van der Waals surface area contributed by atoms with E-state index in [1.165, 1.54) is 0 Å². The second-order valence-corrected chi connectivity index (χ2v) is 5.06. The number of aromatic hydroxyl groups is 1. The minimum atomic E-state index is -0.312. The number of hydrogen-bond acceptors (Lipinski definition) is 4. The molecule has 0 aliphatic carbocycles. The fraction of sp³-hybridized carbons (Fsp3) is 0.538. The maximum absolute atomic E-state index is 9.82. The number of phenols is 1. The summed E-state index contributed by atoms with van der Waals surface area (Å²) < 4.78 is 5.30. The average molecular weight is 272 g/mol. The number of halogens is 1. The van der Waals surface area contributed by atoms with Crippen LogP contribution in [0.15, 0.2) is 18.2 Å². The van der Waals surface area contributed by atoms with Crippen molar-refractivity contribution in [2.45, 2.75) is 24.9 Å². The van der Waals surface area contributed by atoms with Gasteiger partial charge in [-0.25, -0.2) is 0 Å². The largest absolute Gasteiger partial charge is 0.506 e. The van der Waals surface area contributed by atoms with Crippen molar-refractivity contribution in [3.05, 3.63) is 28.8 Å². The van der Waals surface area contributed by atoms with Crippen molar-refractivity contribution < 1.29 is 14.9 Å². The van der Waals surface area contributed by atoms with Gasteiger partial charge >= 0.3 is 0 Å². The number of rotatable bonds is 4. The van der Waals surface area contributed by atoms with Gasteiger partial charge in [0.2, 0.25) is 0 Å². The summed E-state index contributed by atoms with van der Waals surface area (Å²) in [5, 5.41) is 23.0. The lowest BCUT2D eigenvalue weighted by molar-refractivity contribution is 0.0111. The molecule has 0 amide bonds. The van der Waals surface area contributed by atoms with Gasteiger partial charge in [-0.1, -0.05) is 23.7 Å². The third kappa shape index (κ3) is 2.95. The quantitative estimate of drug-likeness (QED) is 0.780. The van der Waals surface area contributed by atoms with Crippen molar-refractivity contribution in [2.24, 2.45) is 0 Å². The highest BCUT2D eigenvalue weighted by Gasteiger charge is 2.31. The van der Waals surface area contributed by atoms with Crippen LogP contribution in [0.5, 0.6) is 5.75 Å². The second kappa shape index (κ2) is 5.89. The summed E-state index contributed by atoms with van der Waals surface area (Å²) in [5.74, 6) is 0.104. The highest BCUT2D eigenvalue weighted by Crippen LogP contribution is 2.28. The van der Waals surface area contributed by atoms with Crippen LogP contribution >= 0.6 is 11.6 Å². The van der Waals surface area contributed by atoms with Gasteiger partial charge in [0, 0.05) is 30.9 Å². The fourth-order valence-electron chi connectivity index (χ4n) is 2.14. The minimum absolute atomic E-state index is 0.0672. The molecule has 0 bridgehead atoms. The smallest absolute Gasteiger partial charge is 0.138 e. The first-order valence-electron chi connectivity index (χ1n) is 6.07. The van der Waals surface area contributed by atoms with E-state index >= 15 is 0 Å². The SMILES string of the molecule is OCC1(NCc2cccc(Cl)c2O)CCOCC1. The Hall–Kier alpha value is -0.810. The maximum atomic E-state index is 9.82. The van der Waals surface area contributed by atoms with Gasteiger partial charge in [-0.05, 0) is 18.9 Å². The molecule has 1 aliphatic rings. The first kappa shape index (κ1) is 13.6. The fourth-order valence-corrected chi connectivity index (χ4v) is 2.33. The van der Waals surface area contributed by atoms with Crippen LogP contribution in [0.25, 0.3) is 0 Å². The van der Waals surface area contributed by atoms with Crippen LogP contribution in [0.2, 0.25) is 5.02 Å². The Morgan fingerprint density at radius 3 is 2.72 bits per heavy atom. The first-order chi connectivity index (χ1) is 8.67. The Bertz CT molecular complexity index is 405. The second-order valence-electron chi connectivity index (χ2n) is 4.65. The van der Waals surface area contributed by atoms with Crippen molar-refractivity contribution in [1.29, 1.82) is 0 Å². The van der Waals surface area contributed by atoms with Gasteiger partial charge in [0.15, 0.2) is 0 Å². The summed E-state index contributed by atoms with van der Waals surface area (Å²) in [7, 11) is 0. The summed E-state index contributed by atoms with van der Waals surface area (Å²) in [4.78, 5) is 0. The molecule has 1 aromatic carbocycles. The van der Waals surface area contributed by atoms with Crippen LogP contribution in [0.1, 0.15) is 18.4 Å². The van der Waals surface area contributed by atoms with Crippen LogP contribution in [0.3, 0.4) is 0 Å². The number of nitrogens with one attached hydrogen (secondary N) is 1.